The monoisotopic (exact) mass is 376 g/mol. The minimum atomic E-state index is -0.211. The predicted molar refractivity (Wildman–Crippen MR) is 105 cm³/mol. The molecule has 0 spiro atoms. The third kappa shape index (κ3) is 4.15. The van der Waals surface area contributed by atoms with E-state index in [0.717, 1.165) is 6.42 Å². The van der Waals surface area contributed by atoms with Crippen LogP contribution in [0.3, 0.4) is 0 Å². The molecule has 1 saturated heterocycles. The van der Waals surface area contributed by atoms with Crippen LogP contribution in [0.1, 0.15) is 22.3 Å². The molecule has 1 aromatic carbocycles. The number of nitrogens with zero attached hydrogens (tertiary/aromatic N) is 5. The van der Waals surface area contributed by atoms with Crippen molar-refractivity contribution in [3.05, 3.63) is 60.4 Å². The maximum absolute atomic E-state index is 12.7. The molecule has 0 unspecified atom stereocenters. The normalized spacial score (nSPS) is 15.6. The van der Waals surface area contributed by atoms with Gasteiger partial charge < -0.3 is 15.1 Å². The second kappa shape index (κ2) is 8.31. The predicted octanol–water partition coefficient (Wildman–Crippen LogP) is 1.82. The summed E-state index contributed by atoms with van der Waals surface area (Å²) in [5.41, 5.74) is 1.66. The molecular weight excluding hydrogens is 356 g/mol. The molecule has 1 fully saturated rings. The Hall–Kier alpha value is -3.73. The van der Waals surface area contributed by atoms with Crippen molar-refractivity contribution in [2.24, 2.45) is 0 Å². The summed E-state index contributed by atoms with van der Waals surface area (Å²) in [5, 5.41) is 12.0. The fraction of sp³-hybridized carbons (Fsp3) is 0.250. The number of hydrogen-bond acceptors (Lipinski definition) is 6. The van der Waals surface area contributed by atoms with Crippen molar-refractivity contribution < 1.29 is 9.59 Å². The number of likely N-dealkylation sites (tertiary alicyclic amines) is 1. The van der Waals surface area contributed by atoms with E-state index in [-0.39, 0.29) is 17.9 Å². The number of benzene rings is 1. The molecule has 8 nitrogen and oxygen atoms in total. The first kappa shape index (κ1) is 19.0. The zero-order chi connectivity index (χ0) is 20.1. The van der Waals surface area contributed by atoms with Crippen LogP contribution in [0.15, 0.2) is 49.3 Å². The Morgan fingerprint density at radius 1 is 1.32 bits per heavy atom. The molecule has 8 heteroatoms. The summed E-state index contributed by atoms with van der Waals surface area (Å²) in [6.45, 7) is 4.64. The van der Waals surface area contributed by atoms with E-state index in [9.17, 15) is 9.59 Å². The van der Waals surface area contributed by atoms with E-state index in [1.807, 2.05) is 6.07 Å². The van der Waals surface area contributed by atoms with Crippen LogP contribution in [-0.4, -0.2) is 52.9 Å². The summed E-state index contributed by atoms with van der Waals surface area (Å²) in [4.78, 5) is 35.8. The summed E-state index contributed by atoms with van der Waals surface area (Å²) in [6, 6.07) is 8.94. The first-order chi connectivity index (χ1) is 13.5. The summed E-state index contributed by atoms with van der Waals surface area (Å²) < 4.78 is 0. The molecule has 1 aliphatic rings. The lowest BCUT2D eigenvalue weighted by atomic mass is 10.1. The topological polar surface area (TPSA) is 102 Å². The smallest absolute Gasteiger partial charge is 0.253 e. The highest BCUT2D eigenvalue weighted by molar-refractivity contribution is 6.01. The maximum Gasteiger partial charge on any atom is 0.253 e. The molecule has 0 radical (unpaired) electrons. The lowest BCUT2D eigenvalue weighted by Crippen LogP contribution is -2.32. The average Bonchev–Trinajstić information content (AvgIpc) is 3.21. The van der Waals surface area contributed by atoms with Crippen LogP contribution in [0.2, 0.25) is 0 Å². The van der Waals surface area contributed by atoms with E-state index in [2.05, 4.69) is 21.9 Å². The fourth-order valence-corrected chi connectivity index (χ4v) is 2.98. The lowest BCUT2D eigenvalue weighted by Gasteiger charge is -2.19. The van der Waals surface area contributed by atoms with Gasteiger partial charge >= 0.3 is 0 Å². The van der Waals surface area contributed by atoms with Crippen molar-refractivity contribution in [2.75, 3.05) is 30.4 Å². The Balaban J connectivity index is 1.60. The molecule has 2 amide bonds. The van der Waals surface area contributed by atoms with Gasteiger partial charge in [0.05, 0.1) is 18.0 Å². The van der Waals surface area contributed by atoms with E-state index >= 15 is 0 Å². The van der Waals surface area contributed by atoms with E-state index in [0.29, 0.717) is 35.9 Å². The first-order valence-electron chi connectivity index (χ1n) is 8.80. The van der Waals surface area contributed by atoms with Gasteiger partial charge in [-0.3, -0.25) is 9.59 Å². The van der Waals surface area contributed by atoms with Crippen LogP contribution >= 0.6 is 0 Å². The largest absolute Gasteiger partial charge is 0.350 e. The Bertz CT molecular complexity index is 917. The highest BCUT2D eigenvalue weighted by Crippen LogP contribution is 2.19. The van der Waals surface area contributed by atoms with Crippen molar-refractivity contribution in [3.8, 4) is 6.07 Å². The molecule has 0 aliphatic carbocycles. The maximum atomic E-state index is 12.7. The van der Waals surface area contributed by atoms with Gasteiger partial charge in [-0.15, -0.1) is 0 Å². The van der Waals surface area contributed by atoms with Crippen LogP contribution in [-0.2, 0) is 4.79 Å². The number of likely N-dealkylation sites (N-methyl/N-ethyl adjacent to an activating group) is 1. The van der Waals surface area contributed by atoms with Gasteiger partial charge in [-0.2, -0.15) is 5.26 Å². The highest BCUT2D eigenvalue weighted by atomic mass is 16.2. The van der Waals surface area contributed by atoms with Gasteiger partial charge in [0, 0.05) is 37.4 Å². The quantitative estimate of drug-likeness (QED) is 0.799. The molecule has 2 aromatic rings. The standard InChI is InChI=1S/C20H20N6O2/c1-3-18(27)25(2)17-6-4-15(5-7-17)19(28)26-9-8-16(13-26)24-20-22-11-14(10-21)12-23-20/h3-7,11-12,16H,1,8-9,13H2,2H3,(H,22,23,24)/t16-/m0/s1. The van der Waals surface area contributed by atoms with Gasteiger partial charge in [-0.25, -0.2) is 9.97 Å². The zero-order valence-corrected chi connectivity index (χ0v) is 15.5. The minimum absolute atomic E-state index is 0.0486. The number of carbonyl (C=O) groups excluding carboxylic acids is 2. The molecule has 1 aliphatic heterocycles. The molecule has 142 valence electrons. The SMILES string of the molecule is C=CC(=O)N(C)c1ccc(C(=O)N2CC[C@H](Nc3ncc(C#N)cn3)C2)cc1. The summed E-state index contributed by atoms with van der Waals surface area (Å²) >= 11 is 0. The summed E-state index contributed by atoms with van der Waals surface area (Å²) in [7, 11) is 1.66. The van der Waals surface area contributed by atoms with Gasteiger partial charge in [-0.05, 0) is 36.8 Å². The molecule has 0 bridgehead atoms. The van der Waals surface area contributed by atoms with Gasteiger partial charge in [0.1, 0.15) is 6.07 Å². The zero-order valence-electron chi connectivity index (χ0n) is 15.5. The van der Waals surface area contributed by atoms with Gasteiger partial charge in [0.15, 0.2) is 0 Å². The molecule has 2 heterocycles. The number of amides is 2. The van der Waals surface area contributed by atoms with E-state index in [4.69, 9.17) is 5.26 Å². The number of aromatic nitrogens is 2. The van der Waals surface area contributed by atoms with Crippen molar-refractivity contribution in [1.29, 1.82) is 5.26 Å². The molecular formula is C20H20N6O2. The number of rotatable bonds is 5. The van der Waals surface area contributed by atoms with Crippen LogP contribution in [0, 0.1) is 11.3 Å². The molecule has 1 N–H and O–H groups in total. The molecule has 28 heavy (non-hydrogen) atoms. The lowest BCUT2D eigenvalue weighted by molar-refractivity contribution is -0.113. The van der Waals surface area contributed by atoms with Crippen LogP contribution < -0.4 is 10.2 Å². The van der Waals surface area contributed by atoms with Crippen molar-refractivity contribution in [3.63, 3.8) is 0 Å². The van der Waals surface area contributed by atoms with E-state index in [1.54, 1.807) is 36.2 Å². The number of hydrogen-bond donors (Lipinski definition) is 1. The average molecular weight is 376 g/mol. The fourth-order valence-electron chi connectivity index (χ4n) is 2.98. The van der Waals surface area contributed by atoms with E-state index < -0.39 is 0 Å². The molecule has 1 atom stereocenters. The summed E-state index contributed by atoms with van der Waals surface area (Å²) in [6.07, 6.45) is 4.95. The third-order valence-electron chi connectivity index (χ3n) is 4.60. The minimum Gasteiger partial charge on any atom is -0.350 e. The van der Waals surface area contributed by atoms with Gasteiger partial charge in [0.25, 0.3) is 5.91 Å². The third-order valence-corrected chi connectivity index (χ3v) is 4.60. The van der Waals surface area contributed by atoms with Crippen LogP contribution in [0.25, 0.3) is 0 Å². The Morgan fingerprint density at radius 2 is 2.00 bits per heavy atom. The number of nitrogens with one attached hydrogen (secondary N) is 1. The van der Waals surface area contributed by atoms with Gasteiger partial charge in [0.2, 0.25) is 11.9 Å². The van der Waals surface area contributed by atoms with E-state index in [1.165, 1.54) is 23.4 Å². The van der Waals surface area contributed by atoms with Crippen molar-refractivity contribution in [2.45, 2.75) is 12.5 Å². The summed E-state index contributed by atoms with van der Waals surface area (Å²) in [5.74, 6) is 0.171. The van der Waals surface area contributed by atoms with Crippen LogP contribution in [0.5, 0.6) is 0 Å². The number of nitriles is 1. The Morgan fingerprint density at radius 3 is 2.61 bits per heavy atom. The molecule has 1 aromatic heterocycles. The Kier molecular flexibility index (Phi) is 5.65. The highest BCUT2D eigenvalue weighted by Gasteiger charge is 2.27. The molecule has 0 saturated carbocycles. The second-order valence-corrected chi connectivity index (χ2v) is 6.44. The second-order valence-electron chi connectivity index (χ2n) is 6.44. The van der Waals surface area contributed by atoms with Crippen molar-refractivity contribution >= 4 is 23.5 Å². The first-order valence-corrected chi connectivity index (χ1v) is 8.80. The molecule has 3 rings (SSSR count). The van der Waals surface area contributed by atoms with Crippen LogP contribution in [0.4, 0.5) is 11.6 Å². The van der Waals surface area contributed by atoms with Crippen molar-refractivity contribution in [1.82, 2.24) is 14.9 Å². The number of carbonyl (C=O) groups is 2. The number of anilines is 2. The Labute approximate surface area is 163 Å². The van der Waals surface area contributed by atoms with Gasteiger partial charge in [-0.1, -0.05) is 6.58 Å².